The van der Waals surface area contributed by atoms with Gasteiger partial charge in [-0.1, -0.05) is 0 Å². The van der Waals surface area contributed by atoms with Gasteiger partial charge in [-0.3, -0.25) is 0 Å². The standard InChI is InChI=1S/C3H4NO4P/c4-2-1-3-8-9(5,6)7/h1,3H,(H2,5,6,7)/p-2/b3-1-. The average molecular weight is 147 g/mol. The molecule has 0 heterocycles. The predicted molar refractivity (Wildman–Crippen MR) is 23.4 cm³/mol. The van der Waals surface area contributed by atoms with Crippen LogP contribution in [-0.4, -0.2) is 0 Å². The minimum Gasteiger partial charge on any atom is -0.780 e. The van der Waals surface area contributed by atoms with Gasteiger partial charge >= 0.3 is 0 Å². The molecule has 0 aromatic rings. The SMILES string of the molecule is N#C/C=C\OP(=O)([O-])[O-]. The Morgan fingerprint density at radius 3 is 2.56 bits per heavy atom. The number of hydrogen-bond donors (Lipinski definition) is 0. The number of allylic oxidation sites excluding steroid dienone is 1. The van der Waals surface area contributed by atoms with Gasteiger partial charge in [0.1, 0.15) is 7.82 Å². The molecule has 0 fully saturated rings. The van der Waals surface area contributed by atoms with Gasteiger partial charge in [0.2, 0.25) is 0 Å². The Hall–Kier alpha value is -0.820. The lowest BCUT2D eigenvalue weighted by Gasteiger charge is -2.26. The van der Waals surface area contributed by atoms with Gasteiger partial charge in [0, 0.05) is 0 Å². The van der Waals surface area contributed by atoms with Crippen molar-refractivity contribution >= 4 is 7.82 Å². The van der Waals surface area contributed by atoms with Crippen LogP contribution in [0.5, 0.6) is 0 Å². The fourth-order valence-corrected chi connectivity index (χ4v) is 0.345. The number of rotatable bonds is 2. The van der Waals surface area contributed by atoms with Crippen LogP contribution < -0.4 is 9.79 Å². The quantitative estimate of drug-likeness (QED) is 0.279. The summed E-state index contributed by atoms with van der Waals surface area (Å²) in [6, 6.07) is 1.44. The molecule has 5 nitrogen and oxygen atoms in total. The van der Waals surface area contributed by atoms with Gasteiger partial charge in [-0.25, -0.2) is 0 Å². The summed E-state index contributed by atoms with van der Waals surface area (Å²) in [6.07, 6.45) is 1.25. The van der Waals surface area contributed by atoms with E-state index in [1.54, 1.807) is 0 Å². The molecule has 0 aliphatic carbocycles. The van der Waals surface area contributed by atoms with Crippen molar-refractivity contribution in [3.8, 4) is 6.07 Å². The van der Waals surface area contributed by atoms with Gasteiger partial charge in [0.15, 0.2) is 0 Å². The molecule has 0 atom stereocenters. The second-order valence-corrected chi connectivity index (χ2v) is 2.09. The molecule has 50 valence electrons. The molecule has 0 aromatic heterocycles. The van der Waals surface area contributed by atoms with Gasteiger partial charge in [0.05, 0.1) is 18.4 Å². The van der Waals surface area contributed by atoms with E-state index in [-0.39, 0.29) is 0 Å². The molecule has 0 saturated carbocycles. The number of nitriles is 1. The predicted octanol–water partition coefficient (Wildman–Crippen LogP) is -1.13. The summed E-state index contributed by atoms with van der Waals surface area (Å²) >= 11 is 0. The second-order valence-electron chi connectivity index (χ2n) is 0.984. The number of hydrogen-bond acceptors (Lipinski definition) is 5. The number of phosphoric ester groups is 1. The first kappa shape index (κ1) is 8.18. The first-order valence-electron chi connectivity index (χ1n) is 1.81. The lowest BCUT2D eigenvalue weighted by Crippen LogP contribution is -2.13. The topological polar surface area (TPSA) is 96.2 Å². The molecule has 0 unspecified atom stereocenters. The molecular weight excluding hydrogens is 145 g/mol. The summed E-state index contributed by atoms with van der Waals surface area (Å²) in [5.41, 5.74) is 0. The van der Waals surface area contributed by atoms with Crippen LogP contribution in [0.2, 0.25) is 0 Å². The van der Waals surface area contributed by atoms with Crippen molar-refractivity contribution in [2.45, 2.75) is 0 Å². The summed E-state index contributed by atoms with van der Waals surface area (Å²) in [4.78, 5) is 19.2. The fourth-order valence-electron chi connectivity index (χ4n) is 0.135. The van der Waals surface area contributed by atoms with Crippen LogP contribution in [0.25, 0.3) is 0 Å². The molecule has 0 aromatic carbocycles. The first-order valence-corrected chi connectivity index (χ1v) is 3.27. The van der Waals surface area contributed by atoms with Crippen molar-refractivity contribution in [1.29, 1.82) is 5.26 Å². The maximum absolute atomic E-state index is 9.60. The van der Waals surface area contributed by atoms with Crippen LogP contribution in [0, 0.1) is 11.3 Å². The van der Waals surface area contributed by atoms with Gasteiger partial charge in [0.25, 0.3) is 0 Å². The Labute approximate surface area is 51.4 Å². The first-order chi connectivity index (χ1) is 4.06. The highest BCUT2D eigenvalue weighted by Gasteiger charge is 1.81. The third-order valence-corrected chi connectivity index (χ3v) is 0.712. The van der Waals surface area contributed by atoms with E-state index in [1.807, 2.05) is 0 Å². The van der Waals surface area contributed by atoms with Crippen molar-refractivity contribution < 1.29 is 18.9 Å². The van der Waals surface area contributed by atoms with Crippen molar-refractivity contribution in [3.05, 3.63) is 12.3 Å². The summed E-state index contributed by atoms with van der Waals surface area (Å²) < 4.78 is 13.1. The van der Waals surface area contributed by atoms with Gasteiger partial charge < -0.3 is 18.9 Å². The average Bonchev–Trinajstić information content (AvgIpc) is 1.63. The normalized spacial score (nSPS) is 11.2. The van der Waals surface area contributed by atoms with E-state index < -0.39 is 7.82 Å². The molecular formula is C3H2NO4P-2. The maximum Gasteiger partial charge on any atom is 0.113 e. The van der Waals surface area contributed by atoms with E-state index in [1.165, 1.54) is 6.07 Å². The van der Waals surface area contributed by atoms with Crippen LogP contribution in [0.3, 0.4) is 0 Å². The Morgan fingerprint density at radius 1 is 1.67 bits per heavy atom. The molecule has 0 aliphatic rings. The highest BCUT2D eigenvalue weighted by molar-refractivity contribution is 7.43. The van der Waals surface area contributed by atoms with Crippen molar-refractivity contribution in [2.75, 3.05) is 0 Å². The molecule has 0 aliphatic heterocycles. The summed E-state index contributed by atoms with van der Waals surface area (Å²) in [7, 11) is -4.93. The minimum absolute atomic E-state index is 0.515. The van der Waals surface area contributed by atoms with Crippen molar-refractivity contribution in [3.63, 3.8) is 0 Å². The number of nitrogens with zero attached hydrogens (tertiary/aromatic N) is 1. The lowest BCUT2D eigenvalue weighted by molar-refractivity contribution is -0.337. The molecule has 0 rings (SSSR count). The molecule has 0 spiro atoms. The van der Waals surface area contributed by atoms with Crippen LogP contribution in [0.1, 0.15) is 0 Å². The zero-order valence-corrected chi connectivity index (χ0v) is 5.08. The third kappa shape index (κ3) is 7.18. The van der Waals surface area contributed by atoms with Crippen LogP contribution in [0.4, 0.5) is 0 Å². The Morgan fingerprint density at radius 2 is 2.22 bits per heavy atom. The Kier molecular flexibility index (Phi) is 2.96. The Bertz CT molecular complexity index is 186. The van der Waals surface area contributed by atoms with Crippen molar-refractivity contribution in [1.82, 2.24) is 0 Å². The van der Waals surface area contributed by atoms with Crippen molar-refractivity contribution in [2.24, 2.45) is 0 Å². The Balaban J connectivity index is 3.68. The number of phosphoric acid groups is 1. The van der Waals surface area contributed by atoms with E-state index in [0.717, 1.165) is 6.08 Å². The second kappa shape index (κ2) is 3.25. The summed E-state index contributed by atoms with van der Waals surface area (Å²) in [6.45, 7) is 0. The lowest BCUT2D eigenvalue weighted by atomic mass is 10.7. The summed E-state index contributed by atoms with van der Waals surface area (Å²) in [5, 5.41) is 7.75. The molecule has 6 heteroatoms. The highest BCUT2D eigenvalue weighted by Crippen LogP contribution is 2.24. The largest absolute Gasteiger partial charge is 0.780 e. The van der Waals surface area contributed by atoms with E-state index >= 15 is 0 Å². The van der Waals surface area contributed by atoms with Gasteiger partial charge in [-0.05, 0) is 0 Å². The van der Waals surface area contributed by atoms with Crippen LogP contribution in [0.15, 0.2) is 12.3 Å². The maximum atomic E-state index is 9.60. The molecule has 0 amide bonds. The van der Waals surface area contributed by atoms with E-state index in [4.69, 9.17) is 5.26 Å². The van der Waals surface area contributed by atoms with Crippen LogP contribution in [-0.2, 0) is 9.09 Å². The molecule has 0 bridgehead atoms. The zero-order valence-electron chi connectivity index (χ0n) is 4.18. The fraction of sp³-hybridized carbons (Fsp3) is 0. The molecule has 0 N–H and O–H groups in total. The van der Waals surface area contributed by atoms with E-state index in [0.29, 0.717) is 6.26 Å². The zero-order chi connectivity index (χ0) is 7.33. The van der Waals surface area contributed by atoms with Gasteiger partial charge in [-0.15, -0.1) is 0 Å². The van der Waals surface area contributed by atoms with E-state index in [2.05, 4.69) is 4.52 Å². The van der Waals surface area contributed by atoms with Crippen LogP contribution >= 0.6 is 7.82 Å². The smallest absolute Gasteiger partial charge is 0.113 e. The molecule has 0 radical (unpaired) electrons. The van der Waals surface area contributed by atoms with Gasteiger partial charge in [-0.2, -0.15) is 5.26 Å². The summed E-state index contributed by atoms with van der Waals surface area (Å²) in [5.74, 6) is 0. The minimum atomic E-state index is -4.93. The van der Waals surface area contributed by atoms with E-state index in [9.17, 15) is 14.4 Å². The third-order valence-electron chi connectivity index (χ3n) is 0.333. The molecule has 0 saturated heterocycles. The monoisotopic (exact) mass is 147 g/mol. The highest BCUT2D eigenvalue weighted by atomic mass is 31.2. The molecule has 9 heavy (non-hydrogen) atoms.